The van der Waals surface area contributed by atoms with Crippen molar-refractivity contribution in [2.45, 2.75) is 27.2 Å². The summed E-state index contributed by atoms with van der Waals surface area (Å²) in [6, 6.07) is 3.68. The van der Waals surface area contributed by atoms with E-state index in [4.69, 9.17) is 0 Å². The summed E-state index contributed by atoms with van der Waals surface area (Å²) in [4.78, 5) is 17.4. The van der Waals surface area contributed by atoms with Crippen LogP contribution in [0.25, 0.3) is 0 Å². The first-order valence-corrected chi connectivity index (χ1v) is 6.21. The van der Waals surface area contributed by atoms with E-state index in [1.165, 1.54) is 4.90 Å². The molecule has 4 heteroatoms. The first kappa shape index (κ1) is 14.5. The van der Waals surface area contributed by atoms with Gasteiger partial charge >= 0.3 is 0 Å². The van der Waals surface area contributed by atoms with E-state index in [0.29, 0.717) is 11.1 Å². The highest BCUT2D eigenvalue weighted by Crippen LogP contribution is 2.18. The van der Waals surface area contributed by atoms with Crippen LogP contribution >= 0.6 is 0 Å². The number of nitrogens with zero attached hydrogens (tertiary/aromatic N) is 2. The quantitative estimate of drug-likeness (QED) is 0.892. The average Bonchev–Trinajstić information content (AvgIpc) is 2.26. The van der Waals surface area contributed by atoms with Gasteiger partial charge in [-0.1, -0.05) is 20.8 Å². The van der Waals surface area contributed by atoms with Gasteiger partial charge in [0.15, 0.2) is 0 Å². The molecular weight excluding hydrogens is 226 g/mol. The van der Waals surface area contributed by atoms with Crippen LogP contribution in [0.15, 0.2) is 18.3 Å². The third-order valence-corrected chi connectivity index (χ3v) is 2.59. The molecule has 0 aromatic carbocycles. The van der Waals surface area contributed by atoms with Crippen molar-refractivity contribution in [1.29, 1.82) is 0 Å². The summed E-state index contributed by atoms with van der Waals surface area (Å²) in [5.41, 5.74) is 1.72. The lowest BCUT2D eigenvalue weighted by atomic mass is 9.92. The van der Waals surface area contributed by atoms with Crippen LogP contribution in [0.2, 0.25) is 0 Å². The molecule has 0 aliphatic heterocycles. The van der Waals surface area contributed by atoms with Gasteiger partial charge in [-0.3, -0.25) is 9.78 Å². The topological polar surface area (TPSA) is 45.2 Å². The number of hydrogen-bond donors (Lipinski definition) is 1. The maximum absolute atomic E-state index is 11.8. The molecule has 0 unspecified atom stereocenters. The number of amides is 1. The Hall–Kier alpha value is -1.58. The summed E-state index contributed by atoms with van der Waals surface area (Å²) in [7, 11) is 3.45. The minimum Gasteiger partial charge on any atom is -0.385 e. The molecule has 1 aromatic heterocycles. The van der Waals surface area contributed by atoms with Gasteiger partial charge in [0.05, 0.1) is 0 Å². The van der Waals surface area contributed by atoms with Gasteiger partial charge in [0, 0.05) is 32.5 Å². The van der Waals surface area contributed by atoms with Crippen molar-refractivity contribution in [2.24, 2.45) is 5.41 Å². The van der Waals surface area contributed by atoms with Crippen molar-refractivity contribution in [3.05, 3.63) is 24.0 Å². The van der Waals surface area contributed by atoms with Gasteiger partial charge in [-0.2, -0.15) is 0 Å². The SMILES string of the molecule is CN(C)C(=O)c1cc(NCCC(C)(C)C)ccn1. The molecule has 0 bridgehead atoms. The van der Waals surface area contributed by atoms with Gasteiger partial charge in [0.1, 0.15) is 5.69 Å². The second-order valence-corrected chi connectivity index (χ2v) is 5.87. The van der Waals surface area contributed by atoms with E-state index in [9.17, 15) is 4.79 Å². The third kappa shape index (κ3) is 4.73. The third-order valence-electron chi connectivity index (χ3n) is 2.59. The normalized spacial score (nSPS) is 11.2. The predicted molar refractivity (Wildman–Crippen MR) is 74.8 cm³/mol. The van der Waals surface area contributed by atoms with Crippen molar-refractivity contribution in [1.82, 2.24) is 9.88 Å². The van der Waals surface area contributed by atoms with Crippen molar-refractivity contribution in [3.63, 3.8) is 0 Å². The summed E-state index contributed by atoms with van der Waals surface area (Å²) >= 11 is 0. The lowest BCUT2D eigenvalue weighted by molar-refractivity contribution is 0.0822. The monoisotopic (exact) mass is 249 g/mol. The molecule has 100 valence electrons. The minimum absolute atomic E-state index is 0.0746. The number of anilines is 1. The maximum Gasteiger partial charge on any atom is 0.272 e. The summed E-state index contributed by atoms with van der Waals surface area (Å²) in [5.74, 6) is -0.0746. The zero-order valence-electron chi connectivity index (χ0n) is 11.9. The second kappa shape index (κ2) is 5.85. The zero-order chi connectivity index (χ0) is 13.8. The fraction of sp³-hybridized carbons (Fsp3) is 0.571. The predicted octanol–water partition coefficient (Wildman–Crippen LogP) is 2.63. The first-order chi connectivity index (χ1) is 8.29. The van der Waals surface area contributed by atoms with E-state index in [1.807, 2.05) is 6.07 Å². The Morgan fingerprint density at radius 1 is 1.39 bits per heavy atom. The standard InChI is InChI=1S/C14H23N3O/c1-14(2,3)7-9-15-11-6-8-16-12(10-11)13(18)17(4)5/h6,8,10H,7,9H2,1-5H3,(H,15,16). The number of pyridine rings is 1. The molecule has 4 nitrogen and oxygen atoms in total. The van der Waals surface area contributed by atoms with Crippen LogP contribution in [0.1, 0.15) is 37.7 Å². The minimum atomic E-state index is -0.0746. The highest BCUT2D eigenvalue weighted by Gasteiger charge is 2.11. The van der Waals surface area contributed by atoms with E-state index >= 15 is 0 Å². The van der Waals surface area contributed by atoms with Crippen LogP contribution in [0.4, 0.5) is 5.69 Å². The van der Waals surface area contributed by atoms with Crippen LogP contribution in [0.3, 0.4) is 0 Å². The molecule has 1 amide bonds. The zero-order valence-corrected chi connectivity index (χ0v) is 11.9. The lowest BCUT2D eigenvalue weighted by Crippen LogP contribution is -2.22. The molecule has 0 saturated heterocycles. The Morgan fingerprint density at radius 2 is 2.06 bits per heavy atom. The summed E-state index contributed by atoms with van der Waals surface area (Å²) in [6.07, 6.45) is 2.74. The fourth-order valence-electron chi connectivity index (χ4n) is 1.47. The van der Waals surface area contributed by atoms with Crippen LogP contribution in [0.5, 0.6) is 0 Å². The Labute approximate surface area is 109 Å². The number of rotatable bonds is 4. The molecule has 18 heavy (non-hydrogen) atoms. The highest BCUT2D eigenvalue weighted by atomic mass is 16.2. The summed E-state index contributed by atoms with van der Waals surface area (Å²) in [5, 5.41) is 3.32. The largest absolute Gasteiger partial charge is 0.385 e. The molecular formula is C14H23N3O. The molecule has 1 N–H and O–H groups in total. The van der Waals surface area contributed by atoms with Crippen LogP contribution in [-0.4, -0.2) is 36.4 Å². The van der Waals surface area contributed by atoms with Crippen LogP contribution < -0.4 is 5.32 Å². The number of carbonyl (C=O) groups excluding carboxylic acids is 1. The van der Waals surface area contributed by atoms with Gasteiger partial charge in [0.25, 0.3) is 5.91 Å². The molecule has 1 heterocycles. The van der Waals surface area contributed by atoms with Gasteiger partial charge in [-0.05, 0) is 24.0 Å². The Balaban J connectivity index is 2.63. The molecule has 1 rings (SSSR count). The first-order valence-electron chi connectivity index (χ1n) is 6.21. The van der Waals surface area contributed by atoms with Gasteiger partial charge in [-0.15, -0.1) is 0 Å². The Morgan fingerprint density at radius 3 is 2.61 bits per heavy atom. The van der Waals surface area contributed by atoms with Gasteiger partial charge in [-0.25, -0.2) is 0 Å². The lowest BCUT2D eigenvalue weighted by Gasteiger charge is -2.18. The van der Waals surface area contributed by atoms with Gasteiger partial charge in [0.2, 0.25) is 0 Å². The Bertz CT molecular complexity index is 408. The fourth-order valence-corrected chi connectivity index (χ4v) is 1.47. The summed E-state index contributed by atoms with van der Waals surface area (Å²) < 4.78 is 0. The van der Waals surface area contributed by atoms with Crippen molar-refractivity contribution < 1.29 is 4.79 Å². The van der Waals surface area contributed by atoms with Crippen molar-refractivity contribution in [2.75, 3.05) is 26.0 Å². The molecule has 0 aliphatic rings. The number of nitrogens with one attached hydrogen (secondary N) is 1. The molecule has 0 spiro atoms. The van der Waals surface area contributed by atoms with Crippen LogP contribution in [-0.2, 0) is 0 Å². The second-order valence-electron chi connectivity index (χ2n) is 5.87. The Kier molecular flexibility index (Phi) is 4.70. The van der Waals surface area contributed by atoms with Gasteiger partial charge < -0.3 is 10.2 Å². The molecule has 0 aliphatic carbocycles. The van der Waals surface area contributed by atoms with E-state index < -0.39 is 0 Å². The van der Waals surface area contributed by atoms with Crippen molar-refractivity contribution >= 4 is 11.6 Å². The molecule has 0 atom stereocenters. The number of hydrogen-bond acceptors (Lipinski definition) is 3. The summed E-state index contributed by atoms with van der Waals surface area (Å²) in [6.45, 7) is 7.52. The van der Waals surface area contributed by atoms with Crippen molar-refractivity contribution in [3.8, 4) is 0 Å². The maximum atomic E-state index is 11.8. The molecule has 0 radical (unpaired) electrons. The van der Waals surface area contributed by atoms with E-state index in [2.05, 4.69) is 31.1 Å². The van der Waals surface area contributed by atoms with E-state index in [0.717, 1.165) is 18.7 Å². The molecule has 0 saturated carbocycles. The average molecular weight is 249 g/mol. The smallest absolute Gasteiger partial charge is 0.272 e. The molecule has 0 fully saturated rings. The number of carbonyl (C=O) groups is 1. The van der Waals surface area contributed by atoms with E-state index in [1.54, 1.807) is 26.4 Å². The van der Waals surface area contributed by atoms with E-state index in [-0.39, 0.29) is 5.91 Å². The van der Waals surface area contributed by atoms with Crippen LogP contribution in [0, 0.1) is 5.41 Å². The highest BCUT2D eigenvalue weighted by molar-refractivity contribution is 5.92. The number of aromatic nitrogens is 1. The molecule has 1 aromatic rings.